The van der Waals surface area contributed by atoms with Gasteiger partial charge in [0, 0.05) is 32.7 Å². The second-order valence-electron chi connectivity index (χ2n) is 8.25. The Morgan fingerprint density at radius 3 is 1.73 bits per heavy atom. The van der Waals surface area contributed by atoms with Gasteiger partial charge in [-0.05, 0) is 50.5 Å². The van der Waals surface area contributed by atoms with Gasteiger partial charge in [0.05, 0.1) is 12.2 Å². The van der Waals surface area contributed by atoms with E-state index in [0.29, 0.717) is 12.2 Å². The fourth-order valence-corrected chi connectivity index (χ4v) is 3.73. The number of likely N-dealkylation sites (tertiary alicyclic amines) is 2. The predicted octanol–water partition coefficient (Wildman–Crippen LogP) is 3.63. The van der Waals surface area contributed by atoms with Crippen molar-refractivity contribution < 1.29 is 4.74 Å². The molecule has 0 aromatic carbocycles. The molecule has 0 unspecified atom stereocenters. The van der Waals surface area contributed by atoms with Crippen LogP contribution in [-0.2, 0) is 4.74 Å². The van der Waals surface area contributed by atoms with Crippen LogP contribution in [0.2, 0.25) is 0 Å². The summed E-state index contributed by atoms with van der Waals surface area (Å²) in [5, 5.41) is 0. The Kier molecular flexibility index (Phi) is 7.66. The molecule has 0 aromatic rings. The molecule has 3 heteroatoms. The van der Waals surface area contributed by atoms with Crippen molar-refractivity contribution in [1.29, 1.82) is 0 Å². The van der Waals surface area contributed by atoms with Gasteiger partial charge in [-0.15, -0.1) is 0 Å². The minimum atomic E-state index is 0.524. The molecule has 22 heavy (non-hydrogen) atoms. The maximum atomic E-state index is 6.41. The number of rotatable bonds is 7. The molecule has 0 aromatic heterocycles. The van der Waals surface area contributed by atoms with E-state index in [2.05, 4.69) is 37.5 Å². The van der Waals surface area contributed by atoms with E-state index in [0.717, 1.165) is 11.8 Å². The van der Waals surface area contributed by atoms with Gasteiger partial charge in [-0.2, -0.15) is 0 Å². The predicted molar refractivity (Wildman–Crippen MR) is 94.3 cm³/mol. The molecular formula is C19H38N2O. The molecule has 3 nitrogen and oxygen atoms in total. The van der Waals surface area contributed by atoms with E-state index in [1.54, 1.807) is 0 Å². The SMILES string of the molecule is CC(C)CCN1CCC(OC2CCN(CC(C)C)CC2)CC1. The first kappa shape index (κ1) is 18.2. The number of hydrogen-bond acceptors (Lipinski definition) is 3. The maximum Gasteiger partial charge on any atom is 0.0603 e. The molecular weight excluding hydrogens is 272 g/mol. The van der Waals surface area contributed by atoms with Crippen molar-refractivity contribution in [2.75, 3.05) is 39.3 Å². The minimum absolute atomic E-state index is 0.524. The van der Waals surface area contributed by atoms with Crippen LogP contribution in [0, 0.1) is 11.8 Å². The summed E-state index contributed by atoms with van der Waals surface area (Å²) in [6.07, 6.45) is 7.34. The highest BCUT2D eigenvalue weighted by Gasteiger charge is 2.25. The lowest BCUT2D eigenvalue weighted by Crippen LogP contribution is -2.43. The Labute approximate surface area is 138 Å². The van der Waals surface area contributed by atoms with Crippen molar-refractivity contribution in [3.05, 3.63) is 0 Å². The quantitative estimate of drug-likeness (QED) is 0.714. The standard InChI is InChI=1S/C19H38N2O/c1-16(2)5-10-20-11-6-18(7-12-20)22-19-8-13-21(14-9-19)15-17(3)4/h16-19H,5-15H2,1-4H3. The summed E-state index contributed by atoms with van der Waals surface area (Å²) in [5.74, 6) is 1.61. The smallest absolute Gasteiger partial charge is 0.0603 e. The fourth-order valence-electron chi connectivity index (χ4n) is 3.73. The van der Waals surface area contributed by atoms with E-state index < -0.39 is 0 Å². The molecule has 2 saturated heterocycles. The zero-order valence-electron chi connectivity index (χ0n) is 15.4. The van der Waals surface area contributed by atoms with Crippen molar-refractivity contribution in [2.45, 2.75) is 72.0 Å². The lowest BCUT2D eigenvalue weighted by Gasteiger charge is -2.37. The number of piperidine rings is 2. The number of nitrogens with zero attached hydrogens (tertiary/aromatic N) is 2. The maximum absolute atomic E-state index is 6.41. The molecule has 2 aliphatic rings. The average Bonchev–Trinajstić information content (AvgIpc) is 2.48. The molecule has 0 bridgehead atoms. The van der Waals surface area contributed by atoms with Crippen LogP contribution < -0.4 is 0 Å². The van der Waals surface area contributed by atoms with E-state index in [1.807, 2.05) is 0 Å². The van der Waals surface area contributed by atoms with Crippen molar-refractivity contribution in [2.24, 2.45) is 11.8 Å². The van der Waals surface area contributed by atoms with Crippen LogP contribution in [0.15, 0.2) is 0 Å². The van der Waals surface area contributed by atoms with Crippen LogP contribution in [-0.4, -0.2) is 61.3 Å². The molecule has 2 rings (SSSR count). The molecule has 2 heterocycles. The average molecular weight is 311 g/mol. The lowest BCUT2D eigenvalue weighted by molar-refractivity contribution is -0.0658. The molecule has 0 amide bonds. The van der Waals surface area contributed by atoms with Crippen molar-refractivity contribution in [3.63, 3.8) is 0 Å². The topological polar surface area (TPSA) is 15.7 Å². The lowest BCUT2D eigenvalue weighted by atomic mass is 10.0. The molecule has 2 aliphatic heterocycles. The van der Waals surface area contributed by atoms with E-state index in [1.165, 1.54) is 71.4 Å². The molecule has 0 atom stereocenters. The summed E-state index contributed by atoms with van der Waals surface area (Å²) in [6, 6.07) is 0. The van der Waals surface area contributed by atoms with Gasteiger partial charge in [0.15, 0.2) is 0 Å². The molecule has 130 valence electrons. The van der Waals surface area contributed by atoms with Crippen molar-refractivity contribution in [3.8, 4) is 0 Å². The van der Waals surface area contributed by atoms with Crippen LogP contribution in [0.1, 0.15) is 59.8 Å². The summed E-state index contributed by atoms with van der Waals surface area (Å²) in [6.45, 7) is 16.7. The first-order valence-corrected chi connectivity index (χ1v) is 9.63. The van der Waals surface area contributed by atoms with Crippen molar-refractivity contribution >= 4 is 0 Å². The second kappa shape index (κ2) is 9.24. The highest BCUT2D eigenvalue weighted by molar-refractivity contribution is 4.78. The summed E-state index contributed by atoms with van der Waals surface area (Å²) in [5.41, 5.74) is 0. The molecule has 0 aliphatic carbocycles. The molecule has 0 saturated carbocycles. The fraction of sp³-hybridized carbons (Fsp3) is 1.00. The molecule has 0 spiro atoms. The summed E-state index contributed by atoms with van der Waals surface area (Å²) >= 11 is 0. The third-order valence-corrected chi connectivity index (χ3v) is 5.10. The van der Waals surface area contributed by atoms with E-state index in [4.69, 9.17) is 4.74 Å². The zero-order chi connectivity index (χ0) is 15.9. The minimum Gasteiger partial charge on any atom is -0.375 e. The van der Waals surface area contributed by atoms with Gasteiger partial charge >= 0.3 is 0 Å². The zero-order valence-corrected chi connectivity index (χ0v) is 15.4. The van der Waals surface area contributed by atoms with Gasteiger partial charge in [-0.25, -0.2) is 0 Å². The second-order valence-corrected chi connectivity index (χ2v) is 8.25. The van der Waals surface area contributed by atoms with Crippen LogP contribution >= 0.6 is 0 Å². The molecule has 0 radical (unpaired) electrons. The van der Waals surface area contributed by atoms with E-state index in [-0.39, 0.29) is 0 Å². The molecule has 0 N–H and O–H groups in total. The van der Waals surface area contributed by atoms with Crippen LogP contribution in [0.25, 0.3) is 0 Å². The van der Waals surface area contributed by atoms with Gasteiger partial charge in [0.1, 0.15) is 0 Å². The summed E-state index contributed by atoms with van der Waals surface area (Å²) < 4.78 is 6.41. The van der Waals surface area contributed by atoms with E-state index in [9.17, 15) is 0 Å². The normalized spacial score (nSPS) is 23.7. The van der Waals surface area contributed by atoms with Crippen LogP contribution in [0.4, 0.5) is 0 Å². The van der Waals surface area contributed by atoms with Crippen LogP contribution in [0.5, 0.6) is 0 Å². The van der Waals surface area contributed by atoms with Crippen molar-refractivity contribution in [1.82, 2.24) is 9.80 Å². The first-order chi connectivity index (χ1) is 10.5. The summed E-state index contributed by atoms with van der Waals surface area (Å²) in [4.78, 5) is 5.24. The monoisotopic (exact) mass is 310 g/mol. The number of ether oxygens (including phenoxy) is 1. The third-order valence-electron chi connectivity index (χ3n) is 5.10. The Hall–Kier alpha value is -0.120. The van der Waals surface area contributed by atoms with Gasteiger partial charge in [-0.1, -0.05) is 27.7 Å². The highest BCUT2D eigenvalue weighted by Crippen LogP contribution is 2.21. The van der Waals surface area contributed by atoms with Gasteiger partial charge < -0.3 is 14.5 Å². The Morgan fingerprint density at radius 2 is 1.27 bits per heavy atom. The first-order valence-electron chi connectivity index (χ1n) is 9.63. The Bertz CT molecular complexity index is 290. The molecule has 2 fully saturated rings. The van der Waals surface area contributed by atoms with Crippen LogP contribution in [0.3, 0.4) is 0 Å². The summed E-state index contributed by atoms with van der Waals surface area (Å²) in [7, 11) is 0. The third kappa shape index (κ3) is 6.55. The van der Waals surface area contributed by atoms with Gasteiger partial charge in [0.25, 0.3) is 0 Å². The largest absolute Gasteiger partial charge is 0.375 e. The Morgan fingerprint density at radius 1 is 0.773 bits per heavy atom. The van der Waals surface area contributed by atoms with Gasteiger partial charge in [0.2, 0.25) is 0 Å². The van der Waals surface area contributed by atoms with E-state index >= 15 is 0 Å². The Balaban J connectivity index is 1.59. The number of hydrogen-bond donors (Lipinski definition) is 0. The highest BCUT2D eigenvalue weighted by atomic mass is 16.5. The van der Waals surface area contributed by atoms with Gasteiger partial charge in [-0.3, -0.25) is 0 Å².